The summed E-state index contributed by atoms with van der Waals surface area (Å²) in [7, 11) is 0. The molecule has 0 saturated carbocycles. The summed E-state index contributed by atoms with van der Waals surface area (Å²) in [4.78, 5) is 0. The van der Waals surface area contributed by atoms with Gasteiger partial charge < -0.3 is 29.9 Å². The number of hydrogen-bond donors (Lipinski definition) is 1. The maximum absolute atomic E-state index is 10.2. The molecule has 1 radical (unpaired) electrons. The first kappa shape index (κ1) is 25.4. The van der Waals surface area contributed by atoms with Crippen molar-refractivity contribution >= 4 is 10.8 Å². The third-order valence-electron chi connectivity index (χ3n) is 4.40. The van der Waals surface area contributed by atoms with Gasteiger partial charge in [0.1, 0.15) is 5.75 Å². The minimum atomic E-state index is 0. The van der Waals surface area contributed by atoms with Gasteiger partial charge >= 0.3 is 21.7 Å². The van der Waals surface area contributed by atoms with Crippen LogP contribution in [0.5, 0.6) is 5.75 Å². The SMILES string of the molecule is Cc1ccc2c(O)c(C)c(C)c(C)c2c1C.[Cl-].[Cl-].[Ti+3].c1cc[cH-]c1. The monoisotopic (exact) mass is 397 g/mol. The average molecular weight is 398 g/mol. The predicted molar refractivity (Wildman–Crippen MR) is 91.3 cm³/mol. The molecule has 0 aliphatic carbocycles. The number of hydrogen-bond acceptors (Lipinski definition) is 1. The molecule has 24 heavy (non-hydrogen) atoms. The van der Waals surface area contributed by atoms with Crippen LogP contribution in [-0.4, -0.2) is 5.11 Å². The van der Waals surface area contributed by atoms with Crippen LogP contribution >= 0.6 is 0 Å². The molecule has 0 spiro atoms. The predicted octanol–water partition coefficient (Wildman–Crippen LogP) is -0.501. The number of aromatic hydroxyl groups is 1. The Morgan fingerprint density at radius 2 is 1.29 bits per heavy atom. The molecule has 0 saturated heterocycles. The largest absolute Gasteiger partial charge is 3.00 e. The van der Waals surface area contributed by atoms with Crippen molar-refractivity contribution < 1.29 is 51.6 Å². The fourth-order valence-corrected chi connectivity index (χ4v) is 2.67. The van der Waals surface area contributed by atoms with Crippen LogP contribution in [0.2, 0.25) is 0 Å². The number of aryl methyl sites for hydroxylation is 3. The molecule has 3 aromatic carbocycles. The van der Waals surface area contributed by atoms with Gasteiger partial charge in [0, 0.05) is 5.39 Å². The minimum Gasteiger partial charge on any atom is -1.00 e. The van der Waals surface area contributed by atoms with E-state index in [9.17, 15) is 5.11 Å². The Labute approximate surface area is 172 Å². The standard InChI is InChI=1S/C15H18O.C5H5.2ClH.Ti/c1-8-6-7-13-14(9(8)2)11(4)10(3)12(5)15(13)16;1-2-4-5-3-1;;;/h6-7,16H,1-5H3;1-5H;2*1H;/q;-1;;;+3/p-2. The number of benzene rings is 2. The molecule has 3 aromatic rings. The van der Waals surface area contributed by atoms with E-state index < -0.39 is 0 Å². The van der Waals surface area contributed by atoms with E-state index in [4.69, 9.17) is 0 Å². The van der Waals surface area contributed by atoms with Crippen LogP contribution in [0, 0.1) is 34.6 Å². The van der Waals surface area contributed by atoms with Crippen LogP contribution < -0.4 is 24.8 Å². The Balaban J connectivity index is 0. The molecule has 0 aliphatic heterocycles. The zero-order valence-electron chi connectivity index (χ0n) is 14.7. The molecule has 4 heteroatoms. The molecule has 0 bridgehead atoms. The van der Waals surface area contributed by atoms with Crippen molar-refractivity contribution in [2.24, 2.45) is 0 Å². The summed E-state index contributed by atoms with van der Waals surface area (Å²) in [6, 6.07) is 14.1. The molecule has 0 amide bonds. The molecule has 0 aliphatic rings. The fraction of sp³-hybridized carbons (Fsp3) is 0.250. The fourth-order valence-electron chi connectivity index (χ4n) is 2.67. The third kappa shape index (κ3) is 5.07. The normalized spacial score (nSPS) is 9.04. The Morgan fingerprint density at radius 3 is 1.75 bits per heavy atom. The summed E-state index contributed by atoms with van der Waals surface area (Å²) in [5, 5.41) is 12.4. The molecule has 3 rings (SSSR count). The van der Waals surface area contributed by atoms with Crippen LogP contribution in [-0.2, 0) is 21.7 Å². The van der Waals surface area contributed by atoms with Gasteiger partial charge in [-0.1, -0.05) is 12.1 Å². The number of halogens is 2. The van der Waals surface area contributed by atoms with Crippen molar-refractivity contribution in [2.45, 2.75) is 34.6 Å². The van der Waals surface area contributed by atoms with Gasteiger partial charge in [-0.25, -0.2) is 12.1 Å². The van der Waals surface area contributed by atoms with E-state index in [-0.39, 0.29) is 46.5 Å². The van der Waals surface area contributed by atoms with Crippen molar-refractivity contribution in [3.63, 3.8) is 0 Å². The van der Waals surface area contributed by atoms with Gasteiger partial charge in [-0.2, -0.15) is 18.2 Å². The molecule has 0 atom stereocenters. The second-order valence-electron chi connectivity index (χ2n) is 5.62. The molecular formula is C20H23Cl2OTi. The Bertz CT molecular complexity index is 748. The molecule has 0 fully saturated rings. The van der Waals surface area contributed by atoms with Crippen LogP contribution in [0.1, 0.15) is 27.8 Å². The summed E-state index contributed by atoms with van der Waals surface area (Å²) in [5.41, 5.74) is 6.02. The van der Waals surface area contributed by atoms with Crippen LogP contribution in [0.3, 0.4) is 0 Å². The van der Waals surface area contributed by atoms with E-state index >= 15 is 0 Å². The van der Waals surface area contributed by atoms with E-state index in [1.807, 2.05) is 43.3 Å². The van der Waals surface area contributed by atoms with Gasteiger partial charge in [-0.3, -0.25) is 0 Å². The number of rotatable bonds is 0. The first-order valence-corrected chi connectivity index (χ1v) is 7.30. The number of phenolic OH excluding ortho intramolecular Hbond substituents is 1. The van der Waals surface area contributed by atoms with Gasteiger partial charge in [0.05, 0.1) is 0 Å². The first-order valence-electron chi connectivity index (χ1n) is 7.30. The topological polar surface area (TPSA) is 20.2 Å². The van der Waals surface area contributed by atoms with Gasteiger partial charge in [0.25, 0.3) is 0 Å². The molecule has 1 N–H and O–H groups in total. The first-order chi connectivity index (χ1) is 9.95. The van der Waals surface area contributed by atoms with Crippen molar-refractivity contribution in [2.75, 3.05) is 0 Å². The van der Waals surface area contributed by atoms with E-state index in [1.165, 1.54) is 27.6 Å². The summed E-state index contributed by atoms with van der Waals surface area (Å²) >= 11 is 0. The second-order valence-corrected chi connectivity index (χ2v) is 5.62. The molecule has 0 heterocycles. The maximum Gasteiger partial charge on any atom is 3.00 e. The van der Waals surface area contributed by atoms with Gasteiger partial charge in [0.15, 0.2) is 0 Å². The Morgan fingerprint density at radius 1 is 0.750 bits per heavy atom. The number of fused-ring (bicyclic) bond motifs is 1. The van der Waals surface area contributed by atoms with Crippen molar-refractivity contribution in [3.05, 3.63) is 70.3 Å². The maximum atomic E-state index is 10.2. The van der Waals surface area contributed by atoms with Gasteiger partial charge in [0.2, 0.25) is 0 Å². The van der Waals surface area contributed by atoms with Crippen LogP contribution in [0.15, 0.2) is 42.5 Å². The summed E-state index contributed by atoms with van der Waals surface area (Å²) < 4.78 is 0. The van der Waals surface area contributed by atoms with Crippen LogP contribution in [0.25, 0.3) is 10.8 Å². The van der Waals surface area contributed by atoms with Crippen LogP contribution in [0.4, 0.5) is 0 Å². The molecular weight excluding hydrogens is 375 g/mol. The van der Waals surface area contributed by atoms with Gasteiger partial charge in [-0.15, -0.1) is 0 Å². The summed E-state index contributed by atoms with van der Waals surface area (Å²) in [6.45, 7) is 10.4. The molecule has 0 aromatic heterocycles. The van der Waals surface area contributed by atoms with Crippen molar-refractivity contribution in [1.82, 2.24) is 0 Å². The smallest absolute Gasteiger partial charge is 1.00 e. The molecule has 0 unspecified atom stereocenters. The second kappa shape index (κ2) is 10.9. The van der Waals surface area contributed by atoms with E-state index in [0.29, 0.717) is 5.75 Å². The van der Waals surface area contributed by atoms with E-state index in [1.54, 1.807) is 0 Å². The van der Waals surface area contributed by atoms with E-state index in [0.717, 1.165) is 10.9 Å². The zero-order chi connectivity index (χ0) is 15.6. The quantitative estimate of drug-likeness (QED) is 0.400. The van der Waals surface area contributed by atoms with Crippen molar-refractivity contribution in [1.29, 1.82) is 0 Å². The minimum absolute atomic E-state index is 0. The number of phenols is 1. The van der Waals surface area contributed by atoms with Crippen molar-refractivity contribution in [3.8, 4) is 5.75 Å². The zero-order valence-corrected chi connectivity index (χ0v) is 17.8. The summed E-state index contributed by atoms with van der Waals surface area (Å²) in [5.74, 6) is 0.432. The van der Waals surface area contributed by atoms with E-state index in [2.05, 4.69) is 33.8 Å². The summed E-state index contributed by atoms with van der Waals surface area (Å²) in [6.07, 6.45) is 0. The third-order valence-corrected chi connectivity index (χ3v) is 4.40. The Kier molecular flexibility index (Phi) is 11.5. The Hall–Kier alpha value is -0.856. The van der Waals surface area contributed by atoms with Gasteiger partial charge in [-0.05, 0) is 67.8 Å². The molecule has 127 valence electrons. The molecule has 1 nitrogen and oxygen atoms in total. The average Bonchev–Trinajstić information content (AvgIpc) is 3.05.